The molecule has 0 saturated heterocycles. The molecule has 8 heteroatoms. The number of hydrogen-bond acceptors (Lipinski definition) is 5. The van der Waals surface area contributed by atoms with E-state index in [1.54, 1.807) is 19.1 Å². The first-order valence-electron chi connectivity index (χ1n) is 5.44. The molecule has 0 aromatic carbocycles. The molecule has 0 bridgehead atoms. The predicted molar refractivity (Wildman–Crippen MR) is 73.7 cm³/mol. The van der Waals surface area contributed by atoms with Gasteiger partial charge in [0.15, 0.2) is 5.69 Å². The number of aromatic nitrogens is 2. The molecule has 0 aliphatic carbocycles. The maximum absolute atomic E-state index is 12.2. The summed E-state index contributed by atoms with van der Waals surface area (Å²) < 4.78 is 26.8. The van der Waals surface area contributed by atoms with Crippen LogP contribution < -0.4 is 4.72 Å². The van der Waals surface area contributed by atoms with Gasteiger partial charge in [0.05, 0.1) is 11.9 Å². The van der Waals surface area contributed by atoms with Crippen LogP contribution in [0.5, 0.6) is 0 Å². The minimum absolute atomic E-state index is 0.168. The number of nitrogens with zero attached hydrogens (tertiary/aromatic N) is 3. The van der Waals surface area contributed by atoms with Crippen LogP contribution in [0.1, 0.15) is 11.3 Å². The van der Waals surface area contributed by atoms with Gasteiger partial charge in [-0.05, 0) is 30.7 Å². The lowest BCUT2D eigenvalue weighted by Crippen LogP contribution is -2.15. The van der Waals surface area contributed by atoms with Gasteiger partial charge in [-0.1, -0.05) is 11.6 Å². The fourth-order valence-corrected chi connectivity index (χ4v) is 2.76. The maximum atomic E-state index is 12.2. The summed E-state index contributed by atoms with van der Waals surface area (Å²) in [5, 5.41) is 9.19. The van der Waals surface area contributed by atoms with E-state index in [9.17, 15) is 8.42 Å². The van der Waals surface area contributed by atoms with Gasteiger partial charge in [0.2, 0.25) is 0 Å². The van der Waals surface area contributed by atoms with Crippen LogP contribution in [0.4, 0.5) is 5.69 Å². The van der Waals surface area contributed by atoms with Gasteiger partial charge in [-0.3, -0.25) is 4.72 Å². The highest BCUT2D eigenvalue weighted by atomic mass is 35.5. The Kier molecular flexibility index (Phi) is 3.88. The molecule has 0 saturated carbocycles. The van der Waals surface area contributed by atoms with Crippen LogP contribution in [0.3, 0.4) is 0 Å². The summed E-state index contributed by atoms with van der Waals surface area (Å²) in [4.78, 5) is 7.39. The first kappa shape index (κ1) is 14.2. The molecule has 0 aliphatic rings. The van der Waals surface area contributed by atoms with Crippen molar-refractivity contribution in [3.63, 3.8) is 0 Å². The van der Waals surface area contributed by atoms with Crippen molar-refractivity contribution < 1.29 is 8.42 Å². The van der Waals surface area contributed by atoms with E-state index >= 15 is 0 Å². The third-order valence-electron chi connectivity index (χ3n) is 2.43. The number of hydrogen-bond donors (Lipinski definition) is 1. The summed E-state index contributed by atoms with van der Waals surface area (Å²) in [6, 6.07) is 6.05. The van der Waals surface area contributed by atoms with Gasteiger partial charge in [0, 0.05) is 6.20 Å². The number of rotatable bonds is 3. The predicted octanol–water partition coefficient (Wildman–Crippen LogP) is 2.11. The highest BCUT2D eigenvalue weighted by molar-refractivity contribution is 7.92. The molecule has 20 heavy (non-hydrogen) atoms. The highest BCUT2D eigenvalue weighted by Crippen LogP contribution is 2.20. The first-order valence-corrected chi connectivity index (χ1v) is 7.30. The molecule has 0 amide bonds. The van der Waals surface area contributed by atoms with Gasteiger partial charge >= 0.3 is 0 Å². The van der Waals surface area contributed by atoms with E-state index in [0.717, 1.165) is 0 Å². The van der Waals surface area contributed by atoms with Gasteiger partial charge in [-0.25, -0.2) is 18.4 Å². The molecule has 0 spiro atoms. The van der Waals surface area contributed by atoms with Crippen molar-refractivity contribution >= 4 is 27.3 Å². The fourth-order valence-electron chi connectivity index (χ4n) is 1.52. The summed E-state index contributed by atoms with van der Waals surface area (Å²) in [7, 11) is -3.90. The number of anilines is 1. The summed E-state index contributed by atoms with van der Waals surface area (Å²) >= 11 is 5.78. The average Bonchev–Trinajstić information content (AvgIpc) is 2.42. The number of sulfonamides is 1. The second-order valence-electron chi connectivity index (χ2n) is 3.90. The zero-order valence-corrected chi connectivity index (χ0v) is 11.9. The number of nitriles is 1. The van der Waals surface area contributed by atoms with Crippen LogP contribution in [0.25, 0.3) is 0 Å². The molecular formula is C12H9ClN4O2S. The standard InChI is InChI=1S/C12H9ClN4O2S/c1-8-5-9(7-16-12(8)13)17-20(18,19)11-3-2-4-15-10(11)6-14/h2-5,7,17H,1H3. The van der Waals surface area contributed by atoms with Gasteiger partial charge in [0.25, 0.3) is 10.0 Å². The monoisotopic (exact) mass is 308 g/mol. The lowest BCUT2D eigenvalue weighted by molar-refractivity contribution is 0.600. The van der Waals surface area contributed by atoms with Crippen LogP contribution in [0.2, 0.25) is 5.15 Å². The Labute approximate surface area is 121 Å². The molecule has 0 radical (unpaired) electrons. The Morgan fingerprint density at radius 3 is 2.80 bits per heavy atom. The molecule has 6 nitrogen and oxygen atoms in total. The van der Waals surface area contributed by atoms with Crippen LogP contribution in [0.15, 0.2) is 35.5 Å². The molecular weight excluding hydrogens is 300 g/mol. The molecule has 2 heterocycles. The second-order valence-corrected chi connectivity index (χ2v) is 5.91. The SMILES string of the molecule is Cc1cc(NS(=O)(=O)c2cccnc2C#N)cnc1Cl. The van der Waals surface area contributed by atoms with Gasteiger partial charge in [-0.15, -0.1) is 0 Å². The lowest BCUT2D eigenvalue weighted by atomic mass is 10.3. The number of aryl methyl sites for hydroxylation is 1. The van der Waals surface area contributed by atoms with Crippen molar-refractivity contribution in [3.8, 4) is 6.07 Å². The summed E-state index contributed by atoms with van der Waals surface area (Å²) in [5.41, 5.74) is 0.733. The van der Waals surface area contributed by atoms with Crippen molar-refractivity contribution in [2.24, 2.45) is 0 Å². The molecule has 0 aliphatic heterocycles. The first-order chi connectivity index (χ1) is 9.44. The average molecular weight is 309 g/mol. The van der Waals surface area contributed by atoms with E-state index in [4.69, 9.17) is 16.9 Å². The minimum atomic E-state index is -3.90. The molecule has 0 atom stereocenters. The Morgan fingerprint density at radius 1 is 1.40 bits per heavy atom. The number of pyridine rings is 2. The molecule has 0 unspecified atom stereocenters. The summed E-state index contributed by atoms with van der Waals surface area (Å²) in [6.07, 6.45) is 2.65. The third kappa shape index (κ3) is 2.87. The molecule has 2 rings (SSSR count). The number of halogens is 1. The lowest BCUT2D eigenvalue weighted by Gasteiger charge is -2.09. The molecule has 2 aromatic heterocycles. The Morgan fingerprint density at radius 2 is 2.15 bits per heavy atom. The minimum Gasteiger partial charge on any atom is -0.278 e. The Balaban J connectivity index is 2.41. The van der Waals surface area contributed by atoms with E-state index < -0.39 is 10.0 Å². The Hall–Kier alpha value is -2.17. The van der Waals surface area contributed by atoms with Crippen molar-refractivity contribution in [3.05, 3.63) is 47.0 Å². The van der Waals surface area contributed by atoms with Crippen LogP contribution >= 0.6 is 11.6 Å². The molecule has 0 fully saturated rings. The fraction of sp³-hybridized carbons (Fsp3) is 0.0833. The molecule has 102 valence electrons. The van der Waals surface area contributed by atoms with E-state index in [-0.39, 0.29) is 16.3 Å². The van der Waals surface area contributed by atoms with Crippen molar-refractivity contribution in [1.82, 2.24) is 9.97 Å². The second kappa shape index (κ2) is 5.45. The highest BCUT2D eigenvalue weighted by Gasteiger charge is 2.19. The topological polar surface area (TPSA) is 95.7 Å². The van der Waals surface area contributed by atoms with Gasteiger partial charge in [-0.2, -0.15) is 5.26 Å². The largest absolute Gasteiger partial charge is 0.278 e. The zero-order valence-electron chi connectivity index (χ0n) is 10.3. The molecule has 2 aromatic rings. The Bertz CT molecular complexity index is 799. The third-order valence-corrected chi connectivity index (χ3v) is 4.24. The van der Waals surface area contributed by atoms with E-state index in [2.05, 4.69) is 14.7 Å². The van der Waals surface area contributed by atoms with Crippen LogP contribution in [-0.4, -0.2) is 18.4 Å². The summed E-state index contributed by atoms with van der Waals surface area (Å²) in [5.74, 6) is 0. The normalized spacial score (nSPS) is 10.8. The van der Waals surface area contributed by atoms with Crippen molar-refractivity contribution in [2.75, 3.05) is 4.72 Å². The van der Waals surface area contributed by atoms with E-state index in [1.807, 2.05) is 0 Å². The van der Waals surface area contributed by atoms with E-state index in [0.29, 0.717) is 10.7 Å². The van der Waals surface area contributed by atoms with Crippen LogP contribution in [0, 0.1) is 18.3 Å². The van der Waals surface area contributed by atoms with Crippen LogP contribution in [-0.2, 0) is 10.0 Å². The maximum Gasteiger partial charge on any atom is 0.264 e. The van der Waals surface area contributed by atoms with Gasteiger partial charge in [0.1, 0.15) is 16.1 Å². The zero-order chi connectivity index (χ0) is 14.8. The van der Waals surface area contributed by atoms with Gasteiger partial charge < -0.3 is 0 Å². The molecule has 1 N–H and O–H groups in total. The van der Waals surface area contributed by atoms with Crippen molar-refractivity contribution in [1.29, 1.82) is 5.26 Å². The van der Waals surface area contributed by atoms with Crippen molar-refractivity contribution in [2.45, 2.75) is 11.8 Å². The number of nitrogens with one attached hydrogen (secondary N) is 1. The quantitative estimate of drug-likeness (QED) is 0.876. The van der Waals surface area contributed by atoms with E-state index in [1.165, 1.54) is 24.5 Å². The summed E-state index contributed by atoms with van der Waals surface area (Å²) in [6.45, 7) is 1.71. The smallest absolute Gasteiger partial charge is 0.264 e.